The number of aromatic nitrogens is 2. The first-order chi connectivity index (χ1) is 14.1. The molecule has 1 unspecified atom stereocenters. The molecule has 1 saturated heterocycles. The lowest BCUT2D eigenvalue weighted by molar-refractivity contribution is -0.126. The lowest BCUT2D eigenvalue weighted by Crippen LogP contribution is -2.45. The molecular weight excluding hydrogens is 364 g/mol. The molecule has 3 heterocycles. The normalized spacial score (nSPS) is 18.9. The van der Waals surface area contributed by atoms with Gasteiger partial charge < -0.3 is 10.2 Å². The van der Waals surface area contributed by atoms with Crippen molar-refractivity contribution in [3.63, 3.8) is 0 Å². The first-order valence-corrected chi connectivity index (χ1v) is 10.9. The quantitative estimate of drug-likeness (QED) is 0.848. The van der Waals surface area contributed by atoms with Crippen molar-refractivity contribution >= 4 is 11.8 Å². The van der Waals surface area contributed by atoms with Gasteiger partial charge in [-0.05, 0) is 55.7 Å². The average Bonchev–Trinajstić information content (AvgIpc) is 3.21. The molecule has 1 atom stereocenters. The second kappa shape index (κ2) is 8.80. The molecule has 1 N–H and O–H groups in total. The summed E-state index contributed by atoms with van der Waals surface area (Å²) in [5.41, 5.74) is 4.07. The molecule has 0 radical (unpaired) electrons. The second-order valence-corrected chi connectivity index (χ2v) is 8.18. The molecule has 0 bridgehead atoms. The smallest absolute Gasteiger partial charge is 0.274 e. The number of likely N-dealkylation sites (tertiary alicyclic amines) is 1. The fraction of sp³-hybridized carbons (Fsp3) is 0.522. The van der Waals surface area contributed by atoms with Crippen molar-refractivity contribution in [2.45, 2.75) is 58.5 Å². The van der Waals surface area contributed by atoms with Gasteiger partial charge in [-0.3, -0.25) is 14.3 Å². The minimum absolute atomic E-state index is 0.0335. The van der Waals surface area contributed by atoms with E-state index in [1.54, 1.807) is 4.90 Å². The summed E-state index contributed by atoms with van der Waals surface area (Å²) in [6.45, 7) is 4.73. The molecule has 1 fully saturated rings. The van der Waals surface area contributed by atoms with E-state index in [4.69, 9.17) is 0 Å². The fourth-order valence-electron chi connectivity index (χ4n) is 4.29. The lowest BCUT2D eigenvalue weighted by atomic mass is 9.96. The number of amides is 2. The Bertz CT molecular complexity index is 848. The van der Waals surface area contributed by atoms with Crippen molar-refractivity contribution in [2.75, 3.05) is 13.1 Å². The monoisotopic (exact) mass is 394 g/mol. The van der Waals surface area contributed by atoms with Crippen LogP contribution in [-0.2, 0) is 30.7 Å². The highest BCUT2D eigenvalue weighted by molar-refractivity contribution is 5.93. The van der Waals surface area contributed by atoms with E-state index in [1.807, 2.05) is 10.7 Å². The van der Waals surface area contributed by atoms with Crippen LogP contribution in [0.1, 0.15) is 59.9 Å². The van der Waals surface area contributed by atoms with E-state index in [0.29, 0.717) is 25.3 Å². The molecule has 1 aromatic carbocycles. The van der Waals surface area contributed by atoms with Gasteiger partial charge in [-0.2, -0.15) is 5.10 Å². The number of piperidine rings is 1. The highest BCUT2D eigenvalue weighted by Gasteiger charge is 2.30. The van der Waals surface area contributed by atoms with Crippen LogP contribution in [0, 0.1) is 5.92 Å². The van der Waals surface area contributed by atoms with Crippen LogP contribution in [-0.4, -0.2) is 39.6 Å². The van der Waals surface area contributed by atoms with Crippen LogP contribution in [0.3, 0.4) is 0 Å². The molecule has 154 valence electrons. The van der Waals surface area contributed by atoms with Gasteiger partial charge in [-0.15, -0.1) is 0 Å². The third-order valence-corrected chi connectivity index (χ3v) is 6.11. The van der Waals surface area contributed by atoms with Gasteiger partial charge in [0.25, 0.3) is 5.91 Å². The number of aryl methyl sites for hydroxylation is 3. The zero-order valence-electron chi connectivity index (χ0n) is 17.2. The SMILES string of the molecule is CCc1ccc(CNC(=O)C2CCCN(C(=O)c3cc4n(n3)CCCC4)C2)cc1. The van der Waals surface area contributed by atoms with Crippen molar-refractivity contribution in [3.8, 4) is 0 Å². The Kier molecular flexibility index (Phi) is 5.97. The Balaban J connectivity index is 1.34. The molecule has 6 heteroatoms. The molecule has 0 aliphatic carbocycles. The fourth-order valence-corrected chi connectivity index (χ4v) is 4.29. The zero-order valence-corrected chi connectivity index (χ0v) is 17.2. The summed E-state index contributed by atoms with van der Waals surface area (Å²) in [6, 6.07) is 10.3. The van der Waals surface area contributed by atoms with Gasteiger partial charge in [0.1, 0.15) is 0 Å². The van der Waals surface area contributed by atoms with Gasteiger partial charge in [-0.1, -0.05) is 31.2 Å². The summed E-state index contributed by atoms with van der Waals surface area (Å²) in [4.78, 5) is 27.4. The van der Waals surface area contributed by atoms with E-state index < -0.39 is 0 Å². The number of carbonyl (C=O) groups excluding carboxylic acids is 2. The molecule has 2 aliphatic heterocycles. The van der Waals surface area contributed by atoms with Crippen LogP contribution >= 0.6 is 0 Å². The number of hydrogen-bond donors (Lipinski definition) is 1. The molecule has 29 heavy (non-hydrogen) atoms. The number of carbonyl (C=O) groups is 2. The van der Waals surface area contributed by atoms with Crippen molar-refractivity contribution in [1.82, 2.24) is 20.0 Å². The Morgan fingerprint density at radius 1 is 1.10 bits per heavy atom. The zero-order chi connectivity index (χ0) is 20.2. The minimum Gasteiger partial charge on any atom is -0.352 e. The van der Waals surface area contributed by atoms with Crippen LogP contribution in [0.25, 0.3) is 0 Å². The van der Waals surface area contributed by atoms with Crippen molar-refractivity contribution in [1.29, 1.82) is 0 Å². The molecule has 6 nitrogen and oxygen atoms in total. The molecule has 2 amide bonds. The van der Waals surface area contributed by atoms with Crippen LogP contribution in [0.5, 0.6) is 0 Å². The van der Waals surface area contributed by atoms with Crippen LogP contribution < -0.4 is 5.32 Å². The first-order valence-electron chi connectivity index (χ1n) is 10.9. The highest BCUT2D eigenvalue weighted by atomic mass is 16.2. The lowest BCUT2D eigenvalue weighted by Gasteiger charge is -2.31. The van der Waals surface area contributed by atoms with Gasteiger partial charge in [0, 0.05) is 31.9 Å². The Morgan fingerprint density at radius 2 is 1.90 bits per heavy atom. The summed E-state index contributed by atoms with van der Waals surface area (Å²) in [5.74, 6) is -0.161. The largest absolute Gasteiger partial charge is 0.352 e. The summed E-state index contributed by atoms with van der Waals surface area (Å²) < 4.78 is 1.97. The van der Waals surface area contributed by atoms with Gasteiger partial charge in [0.15, 0.2) is 5.69 Å². The standard InChI is InChI=1S/C23H30N4O2/c1-2-17-8-10-18(11-9-17)15-24-22(28)19-6-5-12-26(16-19)23(29)21-14-20-7-3-4-13-27(20)25-21/h8-11,14,19H,2-7,12-13,15-16H2,1H3,(H,24,28). The predicted octanol–water partition coefficient (Wildman–Crippen LogP) is 2.95. The van der Waals surface area contributed by atoms with Gasteiger partial charge >= 0.3 is 0 Å². The number of hydrogen-bond acceptors (Lipinski definition) is 3. The Morgan fingerprint density at radius 3 is 2.66 bits per heavy atom. The topological polar surface area (TPSA) is 67.2 Å². The maximum atomic E-state index is 12.9. The summed E-state index contributed by atoms with van der Waals surface area (Å²) >= 11 is 0. The molecule has 2 aliphatic rings. The Hall–Kier alpha value is -2.63. The van der Waals surface area contributed by atoms with Gasteiger partial charge in [0.05, 0.1) is 5.92 Å². The number of nitrogens with one attached hydrogen (secondary N) is 1. The number of fused-ring (bicyclic) bond motifs is 1. The maximum Gasteiger partial charge on any atom is 0.274 e. The van der Waals surface area contributed by atoms with E-state index in [-0.39, 0.29) is 17.7 Å². The van der Waals surface area contributed by atoms with E-state index in [1.165, 1.54) is 5.56 Å². The third-order valence-electron chi connectivity index (χ3n) is 6.11. The predicted molar refractivity (Wildman–Crippen MR) is 111 cm³/mol. The summed E-state index contributed by atoms with van der Waals surface area (Å²) in [5, 5.41) is 7.56. The second-order valence-electron chi connectivity index (χ2n) is 8.18. The summed E-state index contributed by atoms with van der Waals surface area (Å²) in [7, 11) is 0. The summed E-state index contributed by atoms with van der Waals surface area (Å²) in [6.07, 6.45) is 5.96. The van der Waals surface area contributed by atoms with Crippen molar-refractivity contribution in [3.05, 3.63) is 52.8 Å². The van der Waals surface area contributed by atoms with Crippen LogP contribution in [0.2, 0.25) is 0 Å². The van der Waals surface area contributed by atoms with Crippen molar-refractivity contribution in [2.24, 2.45) is 5.92 Å². The van der Waals surface area contributed by atoms with Crippen LogP contribution in [0.4, 0.5) is 0 Å². The third kappa shape index (κ3) is 4.52. The van der Waals surface area contributed by atoms with Gasteiger partial charge in [0.2, 0.25) is 5.91 Å². The first kappa shape index (κ1) is 19.7. The minimum atomic E-state index is -0.153. The van der Waals surface area contributed by atoms with Crippen LogP contribution in [0.15, 0.2) is 30.3 Å². The maximum absolute atomic E-state index is 12.9. The average molecular weight is 395 g/mol. The van der Waals surface area contributed by atoms with E-state index in [2.05, 4.69) is 41.6 Å². The Labute approximate surface area is 172 Å². The molecule has 2 aromatic rings. The molecule has 4 rings (SSSR count). The molecular formula is C23H30N4O2. The van der Waals surface area contributed by atoms with E-state index in [9.17, 15) is 9.59 Å². The number of nitrogens with zero attached hydrogens (tertiary/aromatic N) is 3. The molecule has 0 saturated carbocycles. The van der Waals surface area contributed by atoms with E-state index in [0.717, 1.165) is 56.3 Å². The van der Waals surface area contributed by atoms with Crippen molar-refractivity contribution < 1.29 is 9.59 Å². The molecule has 0 spiro atoms. The number of benzene rings is 1. The highest BCUT2D eigenvalue weighted by Crippen LogP contribution is 2.21. The van der Waals surface area contributed by atoms with Gasteiger partial charge in [-0.25, -0.2) is 0 Å². The number of rotatable bonds is 5. The van der Waals surface area contributed by atoms with E-state index >= 15 is 0 Å². The molecule has 1 aromatic heterocycles.